The van der Waals surface area contributed by atoms with Crippen molar-refractivity contribution in [1.82, 2.24) is 10.2 Å². The highest BCUT2D eigenvalue weighted by Gasteiger charge is 2.22. The molecular formula is C14H29ClN2O2. The number of amides is 1. The lowest BCUT2D eigenvalue weighted by Crippen LogP contribution is -2.39. The molecule has 1 aliphatic heterocycles. The average Bonchev–Trinajstić information content (AvgIpc) is 2.36. The van der Waals surface area contributed by atoms with Gasteiger partial charge in [-0.2, -0.15) is 0 Å². The van der Waals surface area contributed by atoms with Crippen molar-refractivity contribution in [2.75, 3.05) is 33.3 Å². The number of nitrogens with zero attached hydrogens (tertiary/aromatic N) is 1. The second-order valence-corrected chi connectivity index (χ2v) is 5.39. The molecule has 0 aromatic heterocycles. The van der Waals surface area contributed by atoms with Gasteiger partial charge in [0.25, 0.3) is 0 Å². The van der Waals surface area contributed by atoms with Crippen molar-refractivity contribution < 1.29 is 9.53 Å². The van der Waals surface area contributed by atoms with Crippen LogP contribution in [0.4, 0.5) is 0 Å². The van der Waals surface area contributed by atoms with Crippen LogP contribution in [0.3, 0.4) is 0 Å². The van der Waals surface area contributed by atoms with Crippen LogP contribution in [0.5, 0.6) is 0 Å². The highest BCUT2D eigenvalue weighted by atomic mass is 35.5. The SMILES string of the molecule is CNCCC1CCN(C(=O)CCOC(C)C)CC1.Cl. The van der Waals surface area contributed by atoms with Crippen LogP contribution in [0.2, 0.25) is 0 Å². The molecular weight excluding hydrogens is 264 g/mol. The molecule has 19 heavy (non-hydrogen) atoms. The second-order valence-electron chi connectivity index (χ2n) is 5.39. The van der Waals surface area contributed by atoms with E-state index in [0.29, 0.717) is 13.0 Å². The van der Waals surface area contributed by atoms with E-state index < -0.39 is 0 Å². The molecule has 0 radical (unpaired) electrons. The number of piperidine rings is 1. The molecule has 0 aromatic carbocycles. The van der Waals surface area contributed by atoms with Gasteiger partial charge in [-0.15, -0.1) is 12.4 Å². The molecule has 1 N–H and O–H groups in total. The van der Waals surface area contributed by atoms with E-state index in [-0.39, 0.29) is 24.4 Å². The van der Waals surface area contributed by atoms with Crippen molar-refractivity contribution in [1.29, 1.82) is 0 Å². The largest absolute Gasteiger partial charge is 0.378 e. The zero-order chi connectivity index (χ0) is 13.4. The van der Waals surface area contributed by atoms with E-state index >= 15 is 0 Å². The molecule has 0 aromatic rings. The van der Waals surface area contributed by atoms with Crippen molar-refractivity contribution in [3.05, 3.63) is 0 Å². The van der Waals surface area contributed by atoms with Gasteiger partial charge >= 0.3 is 0 Å². The van der Waals surface area contributed by atoms with Crippen LogP contribution in [0.25, 0.3) is 0 Å². The molecule has 0 bridgehead atoms. The van der Waals surface area contributed by atoms with Crippen molar-refractivity contribution in [3.8, 4) is 0 Å². The van der Waals surface area contributed by atoms with Crippen LogP contribution in [0.15, 0.2) is 0 Å². The van der Waals surface area contributed by atoms with Crippen LogP contribution in [0.1, 0.15) is 39.5 Å². The molecule has 1 aliphatic rings. The van der Waals surface area contributed by atoms with Crippen LogP contribution in [-0.4, -0.2) is 50.2 Å². The summed E-state index contributed by atoms with van der Waals surface area (Å²) >= 11 is 0. The van der Waals surface area contributed by atoms with Gasteiger partial charge in [-0.3, -0.25) is 4.79 Å². The van der Waals surface area contributed by atoms with Crippen molar-refractivity contribution in [2.24, 2.45) is 5.92 Å². The number of nitrogens with one attached hydrogen (secondary N) is 1. The molecule has 1 fully saturated rings. The van der Waals surface area contributed by atoms with Gasteiger partial charge in [0, 0.05) is 13.1 Å². The van der Waals surface area contributed by atoms with E-state index in [9.17, 15) is 4.79 Å². The lowest BCUT2D eigenvalue weighted by molar-refractivity contribution is -0.134. The molecule has 0 saturated carbocycles. The number of rotatable bonds is 7. The molecule has 1 rings (SSSR count). The zero-order valence-electron chi connectivity index (χ0n) is 12.5. The first kappa shape index (κ1) is 18.7. The van der Waals surface area contributed by atoms with E-state index in [1.165, 1.54) is 6.42 Å². The molecule has 0 atom stereocenters. The molecule has 5 heteroatoms. The van der Waals surface area contributed by atoms with Crippen molar-refractivity contribution in [3.63, 3.8) is 0 Å². The van der Waals surface area contributed by atoms with Gasteiger partial charge in [0.1, 0.15) is 0 Å². The van der Waals surface area contributed by atoms with Gasteiger partial charge < -0.3 is 15.0 Å². The van der Waals surface area contributed by atoms with Crippen molar-refractivity contribution in [2.45, 2.75) is 45.6 Å². The third-order valence-electron chi connectivity index (χ3n) is 3.54. The molecule has 1 amide bonds. The number of hydrogen-bond donors (Lipinski definition) is 1. The molecule has 114 valence electrons. The summed E-state index contributed by atoms with van der Waals surface area (Å²) in [6, 6.07) is 0. The van der Waals surface area contributed by atoms with Gasteiger partial charge in [0.15, 0.2) is 0 Å². The maximum Gasteiger partial charge on any atom is 0.224 e. The summed E-state index contributed by atoms with van der Waals surface area (Å²) in [5.74, 6) is 1.04. The summed E-state index contributed by atoms with van der Waals surface area (Å²) in [4.78, 5) is 13.9. The first-order chi connectivity index (χ1) is 8.63. The fourth-order valence-corrected chi connectivity index (χ4v) is 2.36. The van der Waals surface area contributed by atoms with Crippen molar-refractivity contribution >= 4 is 18.3 Å². The number of ether oxygens (including phenoxy) is 1. The predicted molar refractivity (Wildman–Crippen MR) is 80.8 cm³/mol. The standard InChI is InChI=1S/C14H28N2O2.ClH/c1-12(2)18-11-7-14(17)16-9-5-13(6-10-16)4-8-15-3;/h12-13,15H,4-11H2,1-3H3;1H. The summed E-state index contributed by atoms with van der Waals surface area (Å²) in [7, 11) is 1.99. The van der Waals surface area contributed by atoms with E-state index in [0.717, 1.165) is 38.4 Å². The van der Waals surface area contributed by atoms with Gasteiger partial charge in [0.05, 0.1) is 19.1 Å². The number of carbonyl (C=O) groups is 1. The Hall–Kier alpha value is -0.320. The van der Waals surface area contributed by atoms with Crippen LogP contribution >= 0.6 is 12.4 Å². The Morgan fingerprint density at radius 1 is 1.37 bits per heavy atom. The Morgan fingerprint density at radius 2 is 2.00 bits per heavy atom. The van der Waals surface area contributed by atoms with Crippen LogP contribution in [0, 0.1) is 5.92 Å². The lowest BCUT2D eigenvalue weighted by atomic mass is 9.93. The summed E-state index contributed by atoms with van der Waals surface area (Å²) in [5, 5.41) is 3.19. The number of carbonyl (C=O) groups excluding carboxylic acids is 1. The van der Waals surface area contributed by atoms with Gasteiger partial charge in [-0.05, 0) is 52.6 Å². The van der Waals surface area contributed by atoms with Gasteiger partial charge in [0.2, 0.25) is 5.91 Å². The fourth-order valence-electron chi connectivity index (χ4n) is 2.36. The quantitative estimate of drug-likeness (QED) is 0.781. The molecule has 0 aliphatic carbocycles. The average molecular weight is 293 g/mol. The maximum atomic E-state index is 11.9. The van der Waals surface area contributed by atoms with E-state index in [4.69, 9.17) is 4.74 Å². The summed E-state index contributed by atoms with van der Waals surface area (Å²) in [6.07, 6.45) is 4.27. The summed E-state index contributed by atoms with van der Waals surface area (Å²) in [6.45, 7) is 7.48. The molecule has 1 heterocycles. The summed E-state index contributed by atoms with van der Waals surface area (Å²) < 4.78 is 5.42. The van der Waals surface area contributed by atoms with Gasteiger partial charge in [-0.25, -0.2) is 0 Å². The Balaban J connectivity index is 0.00000324. The Morgan fingerprint density at radius 3 is 2.53 bits per heavy atom. The predicted octanol–water partition coefficient (Wildman–Crippen LogP) is 2.07. The third kappa shape index (κ3) is 7.75. The zero-order valence-corrected chi connectivity index (χ0v) is 13.3. The van der Waals surface area contributed by atoms with E-state index in [2.05, 4.69) is 5.32 Å². The minimum atomic E-state index is 0. The summed E-state index contributed by atoms with van der Waals surface area (Å²) in [5.41, 5.74) is 0. The number of hydrogen-bond acceptors (Lipinski definition) is 3. The Bertz CT molecular complexity index is 242. The minimum Gasteiger partial charge on any atom is -0.378 e. The normalized spacial score (nSPS) is 16.5. The number of halogens is 1. The molecule has 4 nitrogen and oxygen atoms in total. The van der Waals surface area contributed by atoms with Gasteiger partial charge in [-0.1, -0.05) is 0 Å². The lowest BCUT2D eigenvalue weighted by Gasteiger charge is -2.32. The van der Waals surface area contributed by atoms with Crippen LogP contribution in [-0.2, 0) is 9.53 Å². The maximum absolute atomic E-state index is 11.9. The third-order valence-corrected chi connectivity index (χ3v) is 3.54. The minimum absolute atomic E-state index is 0. The molecule has 0 unspecified atom stereocenters. The highest BCUT2D eigenvalue weighted by molar-refractivity contribution is 5.85. The first-order valence-electron chi connectivity index (χ1n) is 7.17. The second kappa shape index (κ2) is 10.5. The van der Waals surface area contributed by atoms with E-state index in [1.807, 2.05) is 25.8 Å². The Kier molecular flexibility index (Phi) is 10.3. The fraction of sp³-hybridized carbons (Fsp3) is 0.929. The monoisotopic (exact) mass is 292 g/mol. The molecule has 1 saturated heterocycles. The van der Waals surface area contributed by atoms with Crippen LogP contribution < -0.4 is 5.32 Å². The van der Waals surface area contributed by atoms with E-state index in [1.54, 1.807) is 0 Å². The Labute approximate surface area is 123 Å². The highest BCUT2D eigenvalue weighted by Crippen LogP contribution is 2.20. The molecule has 0 spiro atoms. The first-order valence-corrected chi connectivity index (χ1v) is 7.17. The number of likely N-dealkylation sites (tertiary alicyclic amines) is 1. The topological polar surface area (TPSA) is 41.6 Å². The smallest absolute Gasteiger partial charge is 0.224 e.